The van der Waals surface area contributed by atoms with Crippen molar-refractivity contribution < 1.29 is 4.79 Å². The molecule has 0 bridgehead atoms. The van der Waals surface area contributed by atoms with Gasteiger partial charge in [0.05, 0.1) is 10.6 Å². The topological polar surface area (TPSA) is 54.3 Å². The highest BCUT2D eigenvalue weighted by molar-refractivity contribution is 7.99. The molecule has 9 heteroatoms. The average Bonchev–Trinajstić information content (AvgIpc) is 3.36. The van der Waals surface area contributed by atoms with Gasteiger partial charge in [0.15, 0.2) is 11.0 Å². The highest BCUT2D eigenvalue weighted by Crippen LogP contribution is 2.26. The van der Waals surface area contributed by atoms with Gasteiger partial charge in [-0.1, -0.05) is 41.6 Å². The largest absolute Gasteiger partial charge is 0.339 e. The molecule has 0 unspecified atom stereocenters. The Labute approximate surface area is 183 Å². The predicted molar refractivity (Wildman–Crippen MR) is 118 cm³/mol. The van der Waals surface area contributed by atoms with Gasteiger partial charge in [-0.2, -0.15) is 0 Å². The molecule has 3 heterocycles. The standard InChI is InChI=1S/C20H22ClN5OS2/c1-24-19(17-6-3-11-28-17)22-23-20(24)29-14-18(27)26-9-7-25(8-10-26)13-15-4-2-5-16(21)12-15/h2-6,11-12H,7-10,13-14H2,1H3. The second-order valence-corrected chi connectivity index (χ2v) is 9.24. The molecular weight excluding hydrogens is 426 g/mol. The Bertz CT molecular complexity index is 967. The third kappa shape index (κ3) is 5.01. The second-order valence-electron chi connectivity index (χ2n) is 6.92. The first kappa shape index (κ1) is 20.4. The molecule has 1 aliphatic rings. The van der Waals surface area contributed by atoms with Crippen molar-refractivity contribution in [3.8, 4) is 10.7 Å². The summed E-state index contributed by atoms with van der Waals surface area (Å²) in [5.74, 6) is 1.37. The smallest absolute Gasteiger partial charge is 0.233 e. The lowest BCUT2D eigenvalue weighted by Gasteiger charge is -2.34. The molecule has 1 saturated heterocycles. The summed E-state index contributed by atoms with van der Waals surface area (Å²) < 4.78 is 1.95. The number of hydrogen-bond donors (Lipinski definition) is 0. The van der Waals surface area contributed by atoms with Gasteiger partial charge in [-0.05, 0) is 29.1 Å². The molecule has 4 rings (SSSR count). The Morgan fingerprint density at radius 2 is 2.00 bits per heavy atom. The van der Waals surface area contributed by atoms with E-state index in [9.17, 15) is 4.79 Å². The fourth-order valence-corrected chi connectivity index (χ4v) is 5.10. The number of carbonyl (C=O) groups excluding carboxylic acids is 1. The van der Waals surface area contributed by atoms with Crippen LogP contribution in [0, 0.1) is 0 Å². The number of halogens is 1. The van der Waals surface area contributed by atoms with Crippen molar-refractivity contribution in [3.63, 3.8) is 0 Å². The number of thioether (sulfide) groups is 1. The third-order valence-electron chi connectivity index (χ3n) is 4.92. The van der Waals surface area contributed by atoms with Crippen LogP contribution in [0.2, 0.25) is 5.02 Å². The number of hydrogen-bond acceptors (Lipinski definition) is 6. The van der Waals surface area contributed by atoms with Crippen LogP contribution >= 0.6 is 34.7 Å². The minimum atomic E-state index is 0.151. The maximum Gasteiger partial charge on any atom is 0.233 e. The summed E-state index contributed by atoms with van der Waals surface area (Å²) in [6.07, 6.45) is 0. The number of benzene rings is 1. The number of nitrogens with zero attached hydrogens (tertiary/aromatic N) is 5. The summed E-state index contributed by atoms with van der Waals surface area (Å²) in [6.45, 7) is 4.10. The van der Waals surface area contributed by atoms with Crippen molar-refractivity contribution in [2.45, 2.75) is 11.7 Å². The number of amides is 1. The Hall–Kier alpha value is -1.87. The summed E-state index contributed by atoms with van der Waals surface area (Å²) in [6, 6.07) is 12.0. The van der Waals surface area contributed by atoms with Gasteiger partial charge < -0.3 is 9.47 Å². The first-order valence-electron chi connectivity index (χ1n) is 9.41. The Morgan fingerprint density at radius 1 is 1.17 bits per heavy atom. The highest BCUT2D eigenvalue weighted by Gasteiger charge is 2.22. The van der Waals surface area contributed by atoms with E-state index in [0.717, 1.165) is 53.6 Å². The van der Waals surface area contributed by atoms with Gasteiger partial charge in [0.1, 0.15) is 0 Å². The average molecular weight is 448 g/mol. The zero-order valence-corrected chi connectivity index (χ0v) is 18.5. The molecule has 0 saturated carbocycles. The normalized spacial score (nSPS) is 15.0. The fourth-order valence-electron chi connectivity index (χ4n) is 3.33. The summed E-state index contributed by atoms with van der Waals surface area (Å²) >= 11 is 9.15. The lowest BCUT2D eigenvalue weighted by atomic mass is 10.2. The van der Waals surface area contributed by atoms with Crippen LogP contribution < -0.4 is 0 Å². The van der Waals surface area contributed by atoms with Crippen molar-refractivity contribution in [2.75, 3.05) is 31.9 Å². The first-order valence-corrected chi connectivity index (χ1v) is 11.6. The molecule has 0 N–H and O–H groups in total. The van der Waals surface area contributed by atoms with E-state index in [1.807, 2.05) is 52.2 Å². The van der Waals surface area contributed by atoms with E-state index < -0.39 is 0 Å². The molecule has 0 spiro atoms. The van der Waals surface area contributed by atoms with Crippen molar-refractivity contribution in [2.24, 2.45) is 7.05 Å². The Morgan fingerprint density at radius 3 is 2.72 bits per heavy atom. The predicted octanol–water partition coefficient (Wildman–Crippen LogP) is 3.63. The number of carbonyl (C=O) groups is 1. The lowest BCUT2D eigenvalue weighted by Crippen LogP contribution is -2.48. The van der Waals surface area contributed by atoms with E-state index in [1.54, 1.807) is 11.3 Å². The van der Waals surface area contributed by atoms with Crippen molar-refractivity contribution in [3.05, 3.63) is 52.4 Å². The Kier molecular flexibility index (Phi) is 6.54. The molecule has 0 atom stereocenters. The maximum absolute atomic E-state index is 12.6. The quantitative estimate of drug-likeness (QED) is 0.540. The van der Waals surface area contributed by atoms with Gasteiger partial charge in [-0.3, -0.25) is 9.69 Å². The second kappa shape index (κ2) is 9.30. The molecule has 1 amide bonds. The molecule has 152 valence electrons. The van der Waals surface area contributed by atoms with E-state index in [0.29, 0.717) is 5.75 Å². The van der Waals surface area contributed by atoms with E-state index in [2.05, 4.69) is 21.2 Å². The van der Waals surface area contributed by atoms with Crippen LogP contribution in [0.1, 0.15) is 5.56 Å². The molecule has 0 radical (unpaired) electrons. The molecule has 2 aromatic heterocycles. The van der Waals surface area contributed by atoms with Crippen molar-refractivity contribution in [1.82, 2.24) is 24.6 Å². The summed E-state index contributed by atoms with van der Waals surface area (Å²) in [5, 5.41) is 12.1. The summed E-state index contributed by atoms with van der Waals surface area (Å²) in [4.78, 5) is 18.0. The van der Waals surface area contributed by atoms with Gasteiger partial charge in [0.25, 0.3) is 0 Å². The molecule has 1 fully saturated rings. The van der Waals surface area contributed by atoms with Gasteiger partial charge in [0, 0.05) is 44.8 Å². The molecule has 1 aliphatic heterocycles. The molecule has 6 nitrogen and oxygen atoms in total. The highest BCUT2D eigenvalue weighted by atomic mass is 35.5. The van der Waals surface area contributed by atoms with E-state index in [1.165, 1.54) is 17.3 Å². The minimum Gasteiger partial charge on any atom is -0.339 e. The van der Waals surface area contributed by atoms with E-state index in [-0.39, 0.29) is 5.91 Å². The molecular formula is C20H22ClN5OS2. The zero-order valence-electron chi connectivity index (χ0n) is 16.1. The van der Waals surface area contributed by atoms with Crippen LogP contribution in [0.25, 0.3) is 10.7 Å². The van der Waals surface area contributed by atoms with Crippen molar-refractivity contribution >= 4 is 40.6 Å². The van der Waals surface area contributed by atoms with Crippen LogP contribution in [0.4, 0.5) is 0 Å². The number of piperazine rings is 1. The van der Waals surface area contributed by atoms with Gasteiger partial charge in [0.2, 0.25) is 5.91 Å². The monoisotopic (exact) mass is 447 g/mol. The molecule has 29 heavy (non-hydrogen) atoms. The molecule has 3 aromatic rings. The minimum absolute atomic E-state index is 0.151. The fraction of sp³-hybridized carbons (Fsp3) is 0.350. The van der Waals surface area contributed by atoms with Crippen LogP contribution in [-0.4, -0.2) is 62.4 Å². The Balaban J connectivity index is 1.26. The van der Waals surface area contributed by atoms with Crippen molar-refractivity contribution in [1.29, 1.82) is 0 Å². The first-order chi connectivity index (χ1) is 14.1. The third-order valence-corrected chi connectivity index (χ3v) is 7.03. The number of rotatable bonds is 6. The van der Waals surface area contributed by atoms with Gasteiger partial charge >= 0.3 is 0 Å². The zero-order chi connectivity index (χ0) is 20.2. The number of thiophene rings is 1. The van der Waals surface area contributed by atoms with Crippen LogP contribution in [-0.2, 0) is 18.4 Å². The molecule has 1 aromatic carbocycles. The van der Waals surface area contributed by atoms with Crippen LogP contribution in [0.15, 0.2) is 46.9 Å². The molecule has 0 aliphatic carbocycles. The van der Waals surface area contributed by atoms with Gasteiger partial charge in [-0.15, -0.1) is 21.5 Å². The number of aromatic nitrogens is 3. The maximum atomic E-state index is 12.6. The van der Waals surface area contributed by atoms with Crippen LogP contribution in [0.5, 0.6) is 0 Å². The van der Waals surface area contributed by atoms with E-state index in [4.69, 9.17) is 11.6 Å². The van der Waals surface area contributed by atoms with Crippen LogP contribution in [0.3, 0.4) is 0 Å². The van der Waals surface area contributed by atoms with E-state index >= 15 is 0 Å². The summed E-state index contributed by atoms with van der Waals surface area (Å²) in [7, 11) is 1.94. The SMILES string of the molecule is Cn1c(SCC(=O)N2CCN(Cc3cccc(Cl)c3)CC2)nnc1-c1cccs1. The van der Waals surface area contributed by atoms with Gasteiger partial charge in [-0.25, -0.2) is 0 Å². The summed E-state index contributed by atoms with van der Waals surface area (Å²) in [5.41, 5.74) is 1.21. The lowest BCUT2D eigenvalue weighted by molar-refractivity contribution is -0.130.